The summed E-state index contributed by atoms with van der Waals surface area (Å²) in [5.74, 6) is 0. The van der Waals surface area contributed by atoms with Crippen molar-refractivity contribution < 1.29 is 17.9 Å². The van der Waals surface area contributed by atoms with Crippen LogP contribution in [0.25, 0.3) is 0 Å². The van der Waals surface area contributed by atoms with Crippen LogP contribution in [0.1, 0.15) is 46.5 Å². The molecule has 0 unspecified atom stereocenters. The van der Waals surface area contributed by atoms with Crippen LogP contribution in [0.15, 0.2) is 29.4 Å². The zero-order valence-electron chi connectivity index (χ0n) is 15.2. The molecule has 0 saturated heterocycles. The number of pyridine rings is 1. The topological polar surface area (TPSA) is 88.6 Å². The lowest BCUT2D eigenvalue weighted by Crippen LogP contribution is -2.45. The standard InChI is InChI=1S/C17H27N3O4S/c1-17(2,3)24-16(21)19-13-7-9-14(10-8-13)20(4)25(22,23)15-6-5-11-18-12-15/h5-6,11-14H,7-10H2,1-4H3,(H,19,21). The normalized spacial score (nSPS) is 21.8. The summed E-state index contributed by atoms with van der Waals surface area (Å²) in [6.45, 7) is 5.46. The molecule has 0 atom stereocenters. The largest absolute Gasteiger partial charge is 0.444 e. The summed E-state index contributed by atoms with van der Waals surface area (Å²) in [6.07, 6.45) is 5.31. The number of nitrogens with one attached hydrogen (secondary N) is 1. The van der Waals surface area contributed by atoms with Gasteiger partial charge in [0.05, 0.1) is 0 Å². The molecular weight excluding hydrogens is 342 g/mol. The maximum Gasteiger partial charge on any atom is 0.407 e. The molecule has 25 heavy (non-hydrogen) atoms. The quantitative estimate of drug-likeness (QED) is 0.881. The monoisotopic (exact) mass is 369 g/mol. The van der Waals surface area contributed by atoms with Gasteiger partial charge >= 0.3 is 6.09 Å². The lowest BCUT2D eigenvalue weighted by atomic mass is 9.91. The maximum absolute atomic E-state index is 12.6. The summed E-state index contributed by atoms with van der Waals surface area (Å²) >= 11 is 0. The van der Waals surface area contributed by atoms with Gasteiger partial charge in [-0.15, -0.1) is 0 Å². The van der Waals surface area contributed by atoms with Crippen molar-refractivity contribution in [2.45, 2.75) is 69.0 Å². The Bertz CT molecular complexity index is 678. The van der Waals surface area contributed by atoms with E-state index in [-0.39, 0.29) is 17.0 Å². The van der Waals surface area contributed by atoms with Crippen LogP contribution in [0.5, 0.6) is 0 Å². The van der Waals surface area contributed by atoms with Crippen LogP contribution in [0, 0.1) is 0 Å². The van der Waals surface area contributed by atoms with E-state index < -0.39 is 21.7 Å². The van der Waals surface area contributed by atoms with E-state index in [1.165, 1.54) is 10.5 Å². The van der Waals surface area contributed by atoms with Gasteiger partial charge in [0.2, 0.25) is 10.0 Å². The average molecular weight is 369 g/mol. The van der Waals surface area contributed by atoms with Crippen molar-refractivity contribution in [3.8, 4) is 0 Å². The third-order valence-corrected chi connectivity index (χ3v) is 6.14. The van der Waals surface area contributed by atoms with Crippen LogP contribution in [0.2, 0.25) is 0 Å². The minimum absolute atomic E-state index is 0.0144. The van der Waals surface area contributed by atoms with Crippen molar-refractivity contribution in [3.63, 3.8) is 0 Å². The molecule has 2 rings (SSSR count). The maximum atomic E-state index is 12.6. The Morgan fingerprint density at radius 2 is 1.92 bits per heavy atom. The summed E-state index contributed by atoms with van der Waals surface area (Å²) < 4.78 is 32.0. The number of sulfonamides is 1. The Morgan fingerprint density at radius 1 is 1.28 bits per heavy atom. The predicted octanol–water partition coefficient (Wildman–Crippen LogP) is 2.54. The average Bonchev–Trinajstić information content (AvgIpc) is 2.54. The number of hydrogen-bond donors (Lipinski definition) is 1. The van der Waals surface area contributed by atoms with Gasteiger partial charge in [0, 0.05) is 31.5 Å². The number of rotatable bonds is 4. The molecule has 0 spiro atoms. The molecule has 0 radical (unpaired) electrons. The molecule has 1 heterocycles. The van der Waals surface area contributed by atoms with Crippen LogP contribution < -0.4 is 5.32 Å². The second kappa shape index (κ2) is 7.70. The van der Waals surface area contributed by atoms with Crippen molar-refractivity contribution in [3.05, 3.63) is 24.5 Å². The first-order valence-electron chi connectivity index (χ1n) is 8.47. The number of nitrogens with zero attached hydrogens (tertiary/aromatic N) is 2. The van der Waals surface area contributed by atoms with Gasteiger partial charge in [0.15, 0.2) is 0 Å². The molecule has 1 amide bonds. The van der Waals surface area contributed by atoms with E-state index in [2.05, 4.69) is 10.3 Å². The fourth-order valence-electron chi connectivity index (χ4n) is 2.92. The van der Waals surface area contributed by atoms with Gasteiger partial charge in [0.1, 0.15) is 10.5 Å². The Hall–Kier alpha value is -1.67. The van der Waals surface area contributed by atoms with E-state index in [1.807, 2.05) is 20.8 Å². The number of carbonyl (C=O) groups is 1. The molecule has 7 nitrogen and oxygen atoms in total. The molecular formula is C17H27N3O4S. The molecule has 1 aromatic rings. The third kappa shape index (κ3) is 5.40. The molecule has 1 N–H and O–H groups in total. The number of carbonyl (C=O) groups excluding carboxylic acids is 1. The van der Waals surface area contributed by atoms with E-state index in [4.69, 9.17) is 4.74 Å². The fourth-order valence-corrected chi connectivity index (χ4v) is 4.30. The Labute approximate surface area is 149 Å². The molecule has 0 aromatic carbocycles. The molecule has 1 aromatic heterocycles. The highest BCUT2D eigenvalue weighted by molar-refractivity contribution is 7.89. The number of hydrogen-bond acceptors (Lipinski definition) is 5. The van der Waals surface area contributed by atoms with Crippen LogP contribution in [-0.2, 0) is 14.8 Å². The number of alkyl carbamates (subject to hydrolysis) is 1. The van der Waals surface area contributed by atoms with Crippen LogP contribution in [0.3, 0.4) is 0 Å². The summed E-state index contributed by atoms with van der Waals surface area (Å²) in [5.41, 5.74) is -0.528. The van der Waals surface area contributed by atoms with Crippen LogP contribution in [0.4, 0.5) is 4.79 Å². The molecule has 1 aliphatic rings. The summed E-state index contributed by atoms with van der Waals surface area (Å²) in [5, 5.41) is 2.87. The fraction of sp³-hybridized carbons (Fsp3) is 0.647. The first kappa shape index (κ1) is 19.7. The molecule has 0 bridgehead atoms. The molecule has 1 aliphatic carbocycles. The molecule has 1 fully saturated rings. The van der Waals surface area contributed by atoms with Gasteiger partial charge in [-0.3, -0.25) is 4.98 Å². The van der Waals surface area contributed by atoms with E-state index in [0.29, 0.717) is 12.8 Å². The third-order valence-electron chi connectivity index (χ3n) is 4.24. The first-order chi connectivity index (χ1) is 11.6. The van der Waals surface area contributed by atoms with Gasteiger partial charge in [-0.05, 0) is 58.6 Å². The summed E-state index contributed by atoms with van der Waals surface area (Å²) in [4.78, 5) is 15.9. The van der Waals surface area contributed by atoms with Crippen LogP contribution >= 0.6 is 0 Å². The highest BCUT2D eigenvalue weighted by Gasteiger charge is 2.32. The smallest absolute Gasteiger partial charge is 0.407 e. The van der Waals surface area contributed by atoms with Gasteiger partial charge in [0.25, 0.3) is 0 Å². The number of amides is 1. The highest BCUT2D eigenvalue weighted by atomic mass is 32.2. The highest BCUT2D eigenvalue weighted by Crippen LogP contribution is 2.26. The minimum atomic E-state index is -3.54. The van der Waals surface area contributed by atoms with Gasteiger partial charge < -0.3 is 10.1 Å². The Balaban J connectivity index is 1.90. The van der Waals surface area contributed by atoms with E-state index >= 15 is 0 Å². The second-order valence-corrected chi connectivity index (χ2v) is 9.36. The Kier molecular flexibility index (Phi) is 6.05. The van der Waals surface area contributed by atoms with Crippen molar-refractivity contribution in [2.75, 3.05) is 7.05 Å². The van der Waals surface area contributed by atoms with Crippen molar-refractivity contribution >= 4 is 16.1 Å². The van der Waals surface area contributed by atoms with Crippen molar-refractivity contribution in [1.29, 1.82) is 0 Å². The van der Waals surface area contributed by atoms with Crippen molar-refractivity contribution in [1.82, 2.24) is 14.6 Å². The zero-order valence-corrected chi connectivity index (χ0v) is 16.0. The minimum Gasteiger partial charge on any atom is -0.444 e. The van der Waals surface area contributed by atoms with Gasteiger partial charge in [-0.1, -0.05) is 0 Å². The first-order valence-corrected chi connectivity index (χ1v) is 9.91. The lowest BCUT2D eigenvalue weighted by Gasteiger charge is -2.34. The van der Waals surface area contributed by atoms with Crippen LogP contribution in [-0.4, -0.2) is 48.5 Å². The number of aromatic nitrogens is 1. The summed E-state index contributed by atoms with van der Waals surface area (Å²) in [6, 6.07) is 3.10. The zero-order chi connectivity index (χ0) is 18.7. The Morgan fingerprint density at radius 3 is 2.44 bits per heavy atom. The molecule has 1 saturated carbocycles. The molecule has 0 aliphatic heterocycles. The number of ether oxygens (including phenoxy) is 1. The SMILES string of the molecule is CN(C1CCC(NC(=O)OC(C)(C)C)CC1)S(=O)(=O)c1cccnc1. The predicted molar refractivity (Wildman–Crippen MR) is 94.6 cm³/mol. The summed E-state index contributed by atoms with van der Waals surface area (Å²) in [7, 11) is -1.94. The van der Waals surface area contributed by atoms with Crippen molar-refractivity contribution in [2.24, 2.45) is 0 Å². The molecule has 140 valence electrons. The lowest BCUT2D eigenvalue weighted by molar-refractivity contribution is 0.0486. The van der Waals surface area contributed by atoms with Gasteiger partial charge in [-0.2, -0.15) is 4.31 Å². The molecule has 8 heteroatoms. The van der Waals surface area contributed by atoms with E-state index in [0.717, 1.165) is 12.8 Å². The van der Waals surface area contributed by atoms with E-state index in [1.54, 1.807) is 25.4 Å². The van der Waals surface area contributed by atoms with Gasteiger partial charge in [-0.25, -0.2) is 13.2 Å². The van der Waals surface area contributed by atoms with E-state index in [9.17, 15) is 13.2 Å². The second-order valence-electron chi connectivity index (χ2n) is 7.36.